The molecule has 326 valence electrons. The summed E-state index contributed by atoms with van der Waals surface area (Å²) in [5.74, 6) is 0.891. The number of likely N-dealkylation sites (N-methyl/N-ethyl adjacent to an activating group) is 1. The van der Waals surface area contributed by atoms with E-state index in [1.807, 2.05) is 37.6 Å². The molecule has 0 saturated carbocycles. The Morgan fingerprint density at radius 3 is 2.17 bits per heavy atom. The molecule has 58 heavy (non-hydrogen) atoms. The van der Waals surface area contributed by atoms with Crippen molar-refractivity contribution in [3.05, 3.63) is 107 Å². The number of nitrogens with one attached hydrogen (secondary N) is 2. The van der Waals surface area contributed by atoms with E-state index >= 15 is 0 Å². The number of nitrogens with zero attached hydrogens (tertiary/aromatic N) is 2. The van der Waals surface area contributed by atoms with Crippen molar-refractivity contribution in [2.45, 2.75) is 131 Å². The van der Waals surface area contributed by atoms with Crippen molar-refractivity contribution in [1.82, 2.24) is 20.4 Å². The van der Waals surface area contributed by atoms with Gasteiger partial charge in [0.15, 0.2) is 0 Å². The fourth-order valence-electron chi connectivity index (χ4n) is 7.11. The van der Waals surface area contributed by atoms with Gasteiger partial charge in [0.2, 0.25) is 6.41 Å². The Bertz CT molecular complexity index is 1560. The van der Waals surface area contributed by atoms with Gasteiger partial charge in [-0.1, -0.05) is 111 Å². The van der Waals surface area contributed by atoms with E-state index in [2.05, 4.69) is 107 Å². The second-order valence-corrected chi connectivity index (χ2v) is 15.0. The molecule has 1 aliphatic rings. The number of nitrogens with two attached hydrogens (primary N) is 1. The average molecular weight is 812 g/mol. The third-order valence-electron chi connectivity index (χ3n) is 10.4. The number of carbonyl (C=O) groups is 1. The lowest BCUT2D eigenvalue weighted by Gasteiger charge is -2.37. The van der Waals surface area contributed by atoms with E-state index in [9.17, 15) is 18.0 Å². The van der Waals surface area contributed by atoms with Gasteiger partial charge in [-0.05, 0) is 86.3 Å². The van der Waals surface area contributed by atoms with E-state index in [-0.39, 0.29) is 17.7 Å². The lowest BCUT2D eigenvalue weighted by atomic mass is 9.85. The van der Waals surface area contributed by atoms with Crippen LogP contribution in [0.15, 0.2) is 84.6 Å². The smallest absolute Gasteiger partial charge is 0.416 e. The maximum absolute atomic E-state index is 13.2. The molecule has 0 aliphatic carbocycles. The zero-order valence-corrected chi connectivity index (χ0v) is 37.5. The highest BCUT2D eigenvalue weighted by molar-refractivity contribution is 5.69. The first-order valence-electron chi connectivity index (χ1n) is 21.3. The predicted molar refractivity (Wildman–Crippen MR) is 240 cm³/mol. The van der Waals surface area contributed by atoms with E-state index in [1.54, 1.807) is 0 Å². The Morgan fingerprint density at radius 2 is 1.69 bits per heavy atom. The average Bonchev–Trinajstić information content (AvgIpc) is 3.23. The molecule has 1 fully saturated rings. The van der Waals surface area contributed by atoms with E-state index in [4.69, 9.17) is 10.5 Å². The highest BCUT2D eigenvalue weighted by atomic mass is 19.4. The van der Waals surface area contributed by atoms with Crippen LogP contribution in [0.3, 0.4) is 0 Å². The van der Waals surface area contributed by atoms with Crippen LogP contribution in [0.1, 0.15) is 123 Å². The molecular formula is C48H76F3N5O2. The fraction of sp³-hybridized carbons (Fsp3) is 0.562. The number of piperidine rings is 1. The molecule has 3 rings (SSSR count). The first-order valence-corrected chi connectivity index (χ1v) is 21.3. The zero-order chi connectivity index (χ0) is 43.8. The lowest BCUT2D eigenvalue weighted by molar-refractivity contribution is -0.137. The molecule has 2 aromatic rings. The fourth-order valence-corrected chi connectivity index (χ4v) is 7.11. The van der Waals surface area contributed by atoms with Crippen molar-refractivity contribution in [3.63, 3.8) is 0 Å². The summed E-state index contributed by atoms with van der Waals surface area (Å²) < 4.78 is 45.1. The third-order valence-corrected chi connectivity index (χ3v) is 10.4. The van der Waals surface area contributed by atoms with Gasteiger partial charge in [0.25, 0.3) is 0 Å². The summed E-state index contributed by atoms with van der Waals surface area (Å²) in [7, 11) is 3.31. The quantitative estimate of drug-likeness (QED) is 0.0913. The summed E-state index contributed by atoms with van der Waals surface area (Å²) in [6, 6.07) is 12.9. The molecule has 1 heterocycles. The van der Waals surface area contributed by atoms with Gasteiger partial charge in [0, 0.05) is 68.2 Å². The molecule has 10 heteroatoms. The third kappa shape index (κ3) is 17.1. The number of carbonyl (C=O) groups excluding carboxylic acids is 1. The van der Waals surface area contributed by atoms with E-state index in [0.717, 1.165) is 82.3 Å². The molecule has 0 radical (unpaired) electrons. The summed E-state index contributed by atoms with van der Waals surface area (Å²) in [5, 5.41) is 7.22. The Labute approximate surface area is 350 Å². The Hall–Kier alpha value is -4.02. The number of halogens is 3. The van der Waals surface area contributed by atoms with Crippen LogP contribution >= 0.6 is 0 Å². The minimum Gasteiger partial charge on any atom is -0.496 e. The van der Waals surface area contributed by atoms with Gasteiger partial charge in [0.05, 0.1) is 18.7 Å². The molecule has 4 N–H and O–H groups in total. The molecule has 3 atom stereocenters. The number of amides is 1. The minimum absolute atomic E-state index is 0.0835. The van der Waals surface area contributed by atoms with E-state index in [0.29, 0.717) is 35.8 Å². The summed E-state index contributed by atoms with van der Waals surface area (Å²) in [5.41, 5.74) is 11.1. The largest absolute Gasteiger partial charge is 0.496 e. The molecule has 7 nitrogen and oxygen atoms in total. The number of allylic oxidation sites excluding steroid dienone is 3. The van der Waals surface area contributed by atoms with Crippen molar-refractivity contribution in [3.8, 4) is 5.75 Å². The van der Waals surface area contributed by atoms with Crippen molar-refractivity contribution in [1.29, 1.82) is 0 Å². The van der Waals surface area contributed by atoms with Gasteiger partial charge in [-0.3, -0.25) is 4.79 Å². The standard InChI is InChI=1S/C29H36F3NO.C17H34N4O.C2H6/c1-8-11-12-23(10-3)28(20(4)24-15-13-22(9-2)14-16-24)33(6)21(5)26-18-17-25(29(30,31)32)19-27(26)34-7;1-4-5-16(20-17(11-18)10-14(2)3)12-19-15-6-8-21(13-22)9-7-15;1-2/h10-20,28H,5,8-9H2,1-4,6-7H3;5,13-15,17,19-20H,4,6-12,18H2,1-3H3;1-2H3/b12-11-,23-10+;16-5+;. The highest BCUT2D eigenvalue weighted by Crippen LogP contribution is 2.38. The second kappa shape index (κ2) is 27.6. The van der Waals surface area contributed by atoms with Crippen LogP contribution in [-0.4, -0.2) is 74.7 Å². The van der Waals surface area contributed by atoms with Gasteiger partial charge < -0.3 is 30.9 Å². The number of likely N-dealkylation sites (tertiary alicyclic amines) is 1. The number of ether oxygens (including phenoxy) is 1. The normalized spacial score (nSPS) is 15.5. The lowest BCUT2D eigenvalue weighted by Crippen LogP contribution is -2.45. The zero-order valence-electron chi connectivity index (χ0n) is 37.5. The molecule has 2 aromatic carbocycles. The van der Waals surface area contributed by atoms with Crippen LogP contribution < -0.4 is 21.1 Å². The SMILES string of the molecule is C=C(c1ccc(C(F)(F)F)cc1OC)N(C)C(C(/C=C\CC)=C/C)C(C)c1ccc(CC)cc1.CC.CC/C=C(\CNC1CCN(C=O)CC1)NC(CN)CC(C)C. The van der Waals surface area contributed by atoms with Gasteiger partial charge in [-0.25, -0.2) is 0 Å². The molecular weight excluding hydrogens is 736 g/mol. The van der Waals surface area contributed by atoms with Crippen LogP contribution in [0.2, 0.25) is 0 Å². The molecule has 3 unspecified atom stereocenters. The molecule has 1 aliphatic heterocycles. The maximum atomic E-state index is 13.2. The van der Waals surface area contributed by atoms with Crippen LogP contribution in [0.5, 0.6) is 5.75 Å². The Kier molecular flexibility index (Phi) is 24.8. The summed E-state index contributed by atoms with van der Waals surface area (Å²) in [6.07, 6.45) is 11.1. The number of aryl methyl sites for hydroxylation is 1. The first-order chi connectivity index (χ1) is 27.7. The molecule has 1 amide bonds. The highest BCUT2D eigenvalue weighted by Gasteiger charge is 2.33. The monoisotopic (exact) mass is 812 g/mol. The molecule has 0 spiro atoms. The van der Waals surface area contributed by atoms with Gasteiger partial charge in [0.1, 0.15) is 5.75 Å². The van der Waals surface area contributed by atoms with Crippen LogP contribution in [-0.2, 0) is 17.4 Å². The van der Waals surface area contributed by atoms with Crippen LogP contribution in [0.25, 0.3) is 5.70 Å². The predicted octanol–water partition coefficient (Wildman–Crippen LogP) is 10.7. The van der Waals surface area contributed by atoms with E-state index < -0.39 is 11.7 Å². The summed E-state index contributed by atoms with van der Waals surface area (Å²) >= 11 is 0. The Balaban J connectivity index is 0.000000605. The van der Waals surface area contributed by atoms with Gasteiger partial charge in [-0.15, -0.1) is 0 Å². The molecule has 1 saturated heterocycles. The topological polar surface area (TPSA) is 82.9 Å². The van der Waals surface area contributed by atoms with Crippen LogP contribution in [0.4, 0.5) is 13.2 Å². The van der Waals surface area contributed by atoms with Crippen molar-refractivity contribution in [2.24, 2.45) is 11.7 Å². The van der Waals surface area contributed by atoms with Crippen molar-refractivity contribution >= 4 is 12.1 Å². The number of alkyl halides is 3. The number of rotatable bonds is 20. The van der Waals surface area contributed by atoms with Gasteiger partial charge in [-0.2, -0.15) is 13.2 Å². The van der Waals surface area contributed by atoms with E-state index in [1.165, 1.54) is 30.0 Å². The van der Waals surface area contributed by atoms with Crippen molar-refractivity contribution in [2.75, 3.05) is 40.3 Å². The molecule has 0 bridgehead atoms. The number of benzene rings is 2. The number of hydrogen-bond donors (Lipinski definition) is 3. The Morgan fingerprint density at radius 1 is 1.05 bits per heavy atom. The summed E-state index contributed by atoms with van der Waals surface area (Å²) in [4.78, 5) is 14.6. The maximum Gasteiger partial charge on any atom is 0.416 e. The summed E-state index contributed by atoms with van der Waals surface area (Å²) in [6.45, 7) is 26.5. The number of hydrogen-bond acceptors (Lipinski definition) is 6. The second-order valence-electron chi connectivity index (χ2n) is 15.0. The minimum atomic E-state index is -4.44. The van der Waals surface area contributed by atoms with Gasteiger partial charge >= 0.3 is 6.18 Å². The first kappa shape index (κ1) is 52.0. The van der Waals surface area contributed by atoms with Crippen LogP contribution in [0, 0.1) is 5.92 Å². The number of methoxy groups -OCH3 is 1. The van der Waals surface area contributed by atoms with Crippen molar-refractivity contribution < 1.29 is 22.7 Å². The molecule has 0 aromatic heterocycles.